The molecule has 30 heavy (non-hydrogen) atoms. The van der Waals surface area contributed by atoms with Crippen LogP contribution >= 0.6 is 34.8 Å². The van der Waals surface area contributed by atoms with Gasteiger partial charge in [-0.3, -0.25) is 9.10 Å². The maximum Gasteiger partial charge on any atom is 0.232 e. The molecule has 0 radical (unpaired) electrons. The predicted molar refractivity (Wildman–Crippen MR) is 121 cm³/mol. The van der Waals surface area contributed by atoms with E-state index in [1.165, 1.54) is 32.4 Å². The van der Waals surface area contributed by atoms with Crippen molar-refractivity contribution < 1.29 is 22.7 Å². The minimum Gasteiger partial charge on any atom is -0.495 e. The summed E-state index contributed by atoms with van der Waals surface area (Å²) in [5.41, 5.74) is 0.651. The number of carbonyl (C=O) groups excluding carboxylic acids is 1. The molecule has 0 unspecified atom stereocenters. The second kappa shape index (κ2) is 10.4. The Morgan fingerprint density at radius 2 is 1.70 bits per heavy atom. The van der Waals surface area contributed by atoms with Crippen LogP contribution in [0.1, 0.15) is 12.8 Å². The summed E-state index contributed by atoms with van der Waals surface area (Å²) in [6, 6.07) is 7.63. The number of carbonyl (C=O) groups is 1. The number of rotatable bonds is 9. The first kappa shape index (κ1) is 24.4. The van der Waals surface area contributed by atoms with Crippen LogP contribution in [0.5, 0.6) is 11.5 Å². The first-order valence-corrected chi connectivity index (χ1v) is 11.7. The molecule has 0 atom stereocenters. The zero-order valence-corrected chi connectivity index (χ0v) is 19.6. The first-order valence-electron chi connectivity index (χ1n) is 8.71. The molecule has 2 rings (SSSR count). The van der Waals surface area contributed by atoms with Gasteiger partial charge in [0, 0.05) is 30.1 Å². The smallest absolute Gasteiger partial charge is 0.232 e. The van der Waals surface area contributed by atoms with Crippen LogP contribution in [0.15, 0.2) is 30.3 Å². The highest BCUT2D eigenvalue weighted by Crippen LogP contribution is 2.36. The SMILES string of the molecule is COc1cc(NC(=O)CCCN(c2cc(Cl)ccc2Cl)S(C)(=O)=O)c(OC)cc1Cl. The van der Waals surface area contributed by atoms with Gasteiger partial charge in [-0.15, -0.1) is 0 Å². The third-order valence-electron chi connectivity index (χ3n) is 4.09. The van der Waals surface area contributed by atoms with Crippen molar-refractivity contribution in [2.75, 3.05) is 36.6 Å². The summed E-state index contributed by atoms with van der Waals surface area (Å²) < 4.78 is 36.0. The first-order chi connectivity index (χ1) is 14.1. The maximum absolute atomic E-state index is 12.4. The van der Waals surface area contributed by atoms with Gasteiger partial charge in [0.15, 0.2) is 0 Å². The van der Waals surface area contributed by atoms with Crippen molar-refractivity contribution in [3.8, 4) is 11.5 Å². The van der Waals surface area contributed by atoms with Crippen LogP contribution in [0.4, 0.5) is 11.4 Å². The summed E-state index contributed by atoms with van der Waals surface area (Å²) in [6.45, 7) is 0.0490. The minimum atomic E-state index is -3.63. The monoisotopic (exact) mass is 494 g/mol. The van der Waals surface area contributed by atoms with Crippen molar-refractivity contribution >= 4 is 62.1 Å². The number of anilines is 2. The van der Waals surface area contributed by atoms with Crippen LogP contribution in [-0.4, -0.2) is 41.3 Å². The van der Waals surface area contributed by atoms with E-state index >= 15 is 0 Å². The molecule has 0 saturated carbocycles. The van der Waals surface area contributed by atoms with Crippen molar-refractivity contribution in [2.45, 2.75) is 12.8 Å². The van der Waals surface area contributed by atoms with Crippen LogP contribution in [0.25, 0.3) is 0 Å². The van der Waals surface area contributed by atoms with Gasteiger partial charge in [0.25, 0.3) is 0 Å². The number of amides is 1. The molecule has 0 aliphatic heterocycles. The van der Waals surface area contributed by atoms with Gasteiger partial charge in [0.05, 0.1) is 41.9 Å². The van der Waals surface area contributed by atoms with E-state index in [9.17, 15) is 13.2 Å². The number of methoxy groups -OCH3 is 2. The van der Waals surface area contributed by atoms with Crippen LogP contribution in [0, 0.1) is 0 Å². The number of hydrogen-bond acceptors (Lipinski definition) is 5. The predicted octanol–water partition coefficient (Wildman–Crippen LogP) is 4.85. The molecule has 0 bridgehead atoms. The molecule has 0 saturated heterocycles. The zero-order valence-electron chi connectivity index (χ0n) is 16.5. The van der Waals surface area contributed by atoms with E-state index in [2.05, 4.69) is 5.32 Å². The highest BCUT2D eigenvalue weighted by molar-refractivity contribution is 7.92. The molecule has 1 N–H and O–H groups in total. The van der Waals surface area contributed by atoms with Gasteiger partial charge in [0.2, 0.25) is 15.9 Å². The van der Waals surface area contributed by atoms with E-state index in [-0.39, 0.29) is 36.0 Å². The standard InChI is InChI=1S/C19H21Cl3N2O5S/c1-28-17-11-15(18(29-2)10-14(17)22)23-19(25)5-4-8-24(30(3,26)27)16-9-12(20)6-7-13(16)21/h6-7,9-11H,4-5,8H2,1-3H3,(H,23,25). The van der Waals surface area contributed by atoms with Crippen molar-refractivity contribution in [2.24, 2.45) is 0 Å². The number of ether oxygens (including phenoxy) is 2. The Labute approximate surface area is 190 Å². The van der Waals surface area contributed by atoms with Gasteiger partial charge in [-0.25, -0.2) is 8.42 Å². The van der Waals surface area contributed by atoms with Crippen molar-refractivity contribution in [3.63, 3.8) is 0 Å². The molecule has 0 aromatic heterocycles. The Kier molecular flexibility index (Phi) is 8.49. The Hall–Kier alpha value is -1.87. The normalized spacial score (nSPS) is 11.1. The number of hydrogen-bond donors (Lipinski definition) is 1. The molecular formula is C19H21Cl3N2O5S. The molecule has 2 aromatic rings. The Morgan fingerprint density at radius 1 is 1.03 bits per heavy atom. The summed E-state index contributed by atoms with van der Waals surface area (Å²) in [4.78, 5) is 12.4. The number of sulfonamides is 1. The molecule has 0 aliphatic carbocycles. The Morgan fingerprint density at radius 3 is 2.30 bits per heavy atom. The van der Waals surface area contributed by atoms with E-state index in [1.54, 1.807) is 12.1 Å². The largest absolute Gasteiger partial charge is 0.495 e. The topological polar surface area (TPSA) is 84.9 Å². The van der Waals surface area contributed by atoms with E-state index in [1.807, 2.05) is 0 Å². The second-order valence-corrected chi connectivity index (χ2v) is 9.43. The van der Waals surface area contributed by atoms with Crippen LogP contribution in [-0.2, 0) is 14.8 Å². The summed E-state index contributed by atoms with van der Waals surface area (Å²) in [6.07, 6.45) is 1.36. The number of nitrogens with zero attached hydrogens (tertiary/aromatic N) is 1. The third-order valence-corrected chi connectivity index (χ3v) is 6.12. The van der Waals surface area contributed by atoms with Crippen LogP contribution < -0.4 is 19.1 Å². The fourth-order valence-corrected chi connectivity index (χ4v) is 4.33. The van der Waals surface area contributed by atoms with Crippen LogP contribution in [0.3, 0.4) is 0 Å². The average Bonchev–Trinajstić information content (AvgIpc) is 2.67. The van der Waals surface area contributed by atoms with Crippen molar-refractivity contribution in [3.05, 3.63) is 45.4 Å². The van der Waals surface area contributed by atoms with E-state index < -0.39 is 10.0 Å². The van der Waals surface area contributed by atoms with Crippen LogP contribution in [0.2, 0.25) is 15.1 Å². The quantitative estimate of drug-likeness (QED) is 0.537. The molecule has 164 valence electrons. The van der Waals surface area contributed by atoms with Gasteiger partial charge >= 0.3 is 0 Å². The fourth-order valence-electron chi connectivity index (χ4n) is 2.70. The van der Waals surface area contributed by atoms with Gasteiger partial charge in [-0.2, -0.15) is 0 Å². The molecule has 0 heterocycles. The molecule has 1 amide bonds. The molecule has 11 heteroatoms. The lowest BCUT2D eigenvalue weighted by molar-refractivity contribution is -0.116. The summed E-state index contributed by atoms with van der Waals surface area (Å²) in [5.74, 6) is 0.424. The summed E-state index contributed by atoms with van der Waals surface area (Å²) >= 11 is 18.2. The fraction of sp³-hybridized carbons (Fsp3) is 0.316. The highest BCUT2D eigenvalue weighted by Gasteiger charge is 2.21. The number of benzene rings is 2. The van der Waals surface area contributed by atoms with Gasteiger partial charge in [-0.1, -0.05) is 34.8 Å². The number of halogens is 3. The van der Waals surface area contributed by atoms with Gasteiger partial charge in [0.1, 0.15) is 11.5 Å². The summed E-state index contributed by atoms with van der Waals surface area (Å²) in [7, 11) is -0.722. The number of nitrogens with one attached hydrogen (secondary N) is 1. The van der Waals surface area contributed by atoms with E-state index in [0.717, 1.165) is 10.6 Å². The summed E-state index contributed by atoms with van der Waals surface area (Å²) in [5, 5.41) is 3.65. The molecule has 0 fully saturated rings. The van der Waals surface area contributed by atoms with Crippen molar-refractivity contribution in [1.29, 1.82) is 0 Å². The molecule has 2 aromatic carbocycles. The highest BCUT2D eigenvalue weighted by atomic mass is 35.5. The molecular weight excluding hydrogens is 475 g/mol. The van der Waals surface area contributed by atoms with Gasteiger partial charge < -0.3 is 14.8 Å². The molecule has 0 spiro atoms. The average molecular weight is 496 g/mol. The molecule has 0 aliphatic rings. The van der Waals surface area contributed by atoms with E-state index in [4.69, 9.17) is 44.3 Å². The third kappa shape index (κ3) is 6.31. The van der Waals surface area contributed by atoms with Gasteiger partial charge in [-0.05, 0) is 24.6 Å². The minimum absolute atomic E-state index is 0.0490. The Bertz CT molecular complexity index is 1030. The molecule has 7 nitrogen and oxygen atoms in total. The maximum atomic E-state index is 12.4. The second-order valence-electron chi connectivity index (χ2n) is 6.27. The van der Waals surface area contributed by atoms with E-state index in [0.29, 0.717) is 27.2 Å². The lowest BCUT2D eigenvalue weighted by Crippen LogP contribution is -2.31. The Balaban J connectivity index is 2.09. The lowest BCUT2D eigenvalue weighted by Gasteiger charge is -2.23. The lowest BCUT2D eigenvalue weighted by atomic mass is 10.2. The zero-order chi connectivity index (χ0) is 22.5. The van der Waals surface area contributed by atoms with Crippen molar-refractivity contribution in [1.82, 2.24) is 0 Å².